The van der Waals surface area contributed by atoms with E-state index in [1.807, 2.05) is 13.0 Å². The third-order valence-electron chi connectivity index (χ3n) is 4.51. The minimum absolute atomic E-state index is 0.324. The second kappa shape index (κ2) is 9.86. The van der Waals surface area contributed by atoms with Crippen LogP contribution in [0.15, 0.2) is 24.3 Å². The Morgan fingerprint density at radius 3 is 2.68 bits per heavy atom. The van der Waals surface area contributed by atoms with Crippen molar-refractivity contribution in [1.29, 1.82) is 0 Å². The molecule has 3 nitrogen and oxygen atoms in total. The van der Waals surface area contributed by atoms with Crippen LogP contribution in [0.3, 0.4) is 0 Å². The van der Waals surface area contributed by atoms with Gasteiger partial charge in [0.15, 0.2) is 0 Å². The van der Waals surface area contributed by atoms with Crippen molar-refractivity contribution in [3.63, 3.8) is 0 Å². The van der Waals surface area contributed by atoms with E-state index in [4.69, 9.17) is 9.47 Å². The maximum atomic E-state index is 5.89. The van der Waals surface area contributed by atoms with Gasteiger partial charge in [0.05, 0.1) is 6.61 Å². The highest BCUT2D eigenvalue weighted by Gasteiger charge is 2.16. The van der Waals surface area contributed by atoms with Crippen LogP contribution < -0.4 is 10.1 Å². The van der Waals surface area contributed by atoms with Gasteiger partial charge < -0.3 is 14.8 Å². The first-order chi connectivity index (χ1) is 10.8. The normalized spacial score (nSPS) is 17.4. The van der Waals surface area contributed by atoms with Gasteiger partial charge in [0.1, 0.15) is 12.4 Å². The summed E-state index contributed by atoms with van der Waals surface area (Å²) in [5.41, 5.74) is 1.25. The maximum absolute atomic E-state index is 5.89. The molecule has 22 heavy (non-hydrogen) atoms. The Kier molecular flexibility index (Phi) is 7.75. The van der Waals surface area contributed by atoms with Gasteiger partial charge in [-0.05, 0) is 45.2 Å². The molecule has 3 heteroatoms. The second-order valence-corrected chi connectivity index (χ2v) is 6.22. The molecule has 0 heterocycles. The Labute approximate surface area is 135 Å². The first kappa shape index (κ1) is 17.3. The molecular weight excluding hydrogens is 274 g/mol. The predicted octanol–water partition coefficient (Wildman–Crippen LogP) is 4.33. The molecule has 1 atom stereocenters. The van der Waals surface area contributed by atoms with Crippen molar-refractivity contribution in [3.05, 3.63) is 29.8 Å². The molecule has 124 valence electrons. The molecule has 1 aromatic carbocycles. The molecule has 0 bridgehead atoms. The van der Waals surface area contributed by atoms with Crippen molar-refractivity contribution in [2.45, 2.75) is 52.0 Å². The lowest BCUT2D eigenvalue weighted by molar-refractivity contribution is 0.109. The average molecular weight is 305 g/mol. The van der Waals surface area contributed by atoms with Crippen molar-refractivity contribution < 1.29 is 9.47 Å². The molecule has 1 N–H and O–H groups in total. The highest BCUT2D eigenvalue weighted by Crippen LogP contribution is 2.27. The first-order valence-electron chi connectivity index (χ1n) is 8.84. The molecule has 0 aliphatic heterocycles. The SMILES string of the molecule is CCOCCOc1ccccc1C(C)NCC1CCCCC1. The maximum Gasteiger partial charge on any atom is 0.124 e. The van der Waals surface area contributed by atoms with Crippen LogP contribution >= 0.6 is 0 Å². The summed E-state index contributed by atoms with van der Waals surface area (Å²) in [5.74, 6) is 1.83. The smallest absolute Gasteiger partial charge is 0.124 e. The highest BCUT2D eigenvalue weighted by atomic mass is 16.5. The van der Waals surface area contributed by atoms with E-state index in [0.717, 1.165) is 24.8 Å². The molecule has 0 amide bonds. The standard InChI is InChI=1S/C19H31NO2/c1-3-21-13-14-22-19-12-8-7-11-18(19)16(2)20-15-17-9-5-4-6-10-17/h7-8,11-12,16-17,20H,3-6,9-10,13-15H2,1-2H3. The number of hydrogen-bond acceptors (Lipinski definition) is 3. The number of benzene rings is 1. The van der Waals surface area contributed by atoms with Crippen molar-refractivity contribution in [2.75, 3.05) is 26.4 Å². The Bertz CT molecular complexity index is 416. The van der Waals surface area contributed by atoms with E-state index in [0.29, 0.717) is 19.3 Å². The van der Waals surface area contributed by atoms with Crippen LogP contribution in [0.4, 0.5) is 0 Å². The number of ether oxygens (including phenoxy) is 2. The largest absolute Gasteiger partial charge is 0.491 e. The summed E-state index contributed by atoms with van der Waals surface area (Å²) in [6, 6.07) is 8.66. The summed E-state index contributed by atoms with van der Waals surface area (Å²) in [6.45, 7) is 7.35. The van der Waals surface area contributed by atoms with Gasteiger partial charge in [0.25, 0.3) is 0 Å². The topological polar surface area (TPSA) is 30.5 Å². The Morgan fingerprint density at radius 2 is 1.91 bits per heavy atom. The van der Waals surface area contributed by atoms with Crippen molar-refractivity contribution in [3.8, 4) is 5.75 Å². The van der Waals surface area contributed by atoms with Crippen LogP contribution in [0.2, 0.25) is 0 Å². The van der Waals surface area contributed by atoms with Crippen LogP contribution in [0.25, 0.3) is 0 Å². The van der Waals surface area contributed by atoms with E-state index in [1.165, 1.54) is 37.7 Å². The van der Waals surface area contributed by atoms with Crippen molar-refractivity contribution >= 4 is 0 Å². The van der Waals surface area contributed by atoms with Crippen LogP contribution in [-0.4, -0.2) is 26.4 Å². The molecule has 2 rings (SSSR count). The van der Waals surface area contributed by atoms with Crippen molar-refractivity contribution in [2.24, 2.45) is 5.92 Å². The third kappa shape index (κ3) is 5.62. The van der Waals surface area contributed by atoms with Crippen LogP contribution in [0, 0.1) is 5.92 Å². The monoisotopic (exact) mass is 305 g/mol. The van der Waals surface area contributed by atoms with Gasteiger partial charge in [0, 0.05) is 18.2 Å². The van der Waals surface area contributed by atoms with E-state index >= 15 is 0 Å². The van der Waals surface area contributed by atoms with Gasteiger partial charge in [-0.1, -0.05) is 37.5 Å². The second-order valence-electron chi connectivity index (χ2n) is 6.22. The molecule has 1 aliphatic rings. The molecule has 1 saturated carbocycles. The first-order valence-corrected chi connectivity index (χ1v) is 8.84. The molecule has 1 aromatic rings. The molecular formula is C19H31NO2. The molecule has 1 unspecified atom stereocenters. The zero-order valence-electron chi connectivity index (χ0n) is 14.1. The number of nitrogens with one attached hydrogen (secondary N) is 1. The molecule has 0 saturated heterocycles. The third-order valence-corrected chi connectivity index (χ3v) is 4.51. The Balaban J connectivity index is 1.83. The fourth-order valence-corrected chi connectivity index (χ4v) is 3.17. The zero-order valence-corrected chi connectivity index (χ0v) is 14.1. The minimum atomic E-state index is 0.324. The summed E-state index contributed by atoms with van der Waals surface area (Å²) in [5, 5.41) is 3.70. The fraction of sp³-hybridized carbons (Fsp3) is 0.684. The Hall–Kier alpha value is -1.06. The van der Waals surface area contributed by atoms with Gasteiger partial charge in [0.2, 0.25) is 0 Å². The molecule has 0 radical (unpaired) electrons. The highest BCUT2D eigenvalue weighted by molar-refractivity contribution is 5.35. The van der Waals surface area contributed by atoms with Crippen LogP contribution in [0.5, 0.6) is 5.75 Å². The zero-order chi connectivity index (χ0) is 15.6. The summed E-state index contributed by atoms with van der Waals surface area (Å²) < 4.78 is 11.2. The lowest BCUT2D eigenvalue weighted by atomic mass is 9.89. The van der Waals surface area contributed by atoms with E-state index < -0.39 is 0 Å². The van der Waals surface area contributed by atoms with Gasteiger partial charge >= 0.3 is 0 Å². The molecule has 0 aromatic heterocycles. The van der Waals surface area contributed by atoms with Gasteiger partial charge in [-0.15, -0.1) is 0 Å². The number of para-hydroxylation sites is 1. The Morgan fingerprint density at radius 1 is 1.14 bits per heavy atom. The minimum Gasteiger partial charge on any atom is -0.491 e. The van der Waals surface area contributed by atoms with Crippen molar-refractivity contribution in [1.82, 2.24) is 5.32 Å². The van der Waals surface area contributed by atoms with E-state index in [9.17, 15) is 0 Å². The summed E-state index contributed by atoms with van der Waals surface area (Å²) >= 11 is 0. The van der Waals surface area contributed by atoms with Crippen LogP contribution in [0.1, 0.15) is 57.6 Å². The summed E-state index contributed by atoms with van der Waals surface area (Å²) in [7, 11) is 0. The molecule has 1 aliphatic carbocycles. The van der Waals surface area contributed by atoms with Gasteiger partial charge in [-0.3, -0.25) is 0 Å². The van der Waals surface area contributed by atoms with E-state index in [-0.39, 0.29) is 0 Å². The van der Waals surface area contributed by atoms with E-state index in [2.05, 4.69) is 30.4 Å². The lowest BCUT2D eigenvalue weighted by Gasteiger charge is -2.25. The summed E-state index contributed by atoms with van der Waals surface area (Å²) in [4.78, 5) is 0. The quantitative estimate of drug-likeness (QED) is 0.689. The predicted molar refractivity (Wildman–Crippen MR) is 91.4 cm³/mol. The average Bonchev–Trinajstić information content (AvgIpc) is 2.58. The number of hydrogen-bond donors (Lipinski definition) is 1. The molecule has 1 fully saturated rings. The number of rotatable bonds is 9. The van der Waals surface area contributed by atoms with E-state index in [1.54, 1.807) is 0 Å². The van der Waals surface area contributed by atoms with Gasteiger partial charge in [-0.25, -0.2) is 0 Å². The molecule has 0 spiro atoms. The van der Waals surface area contributed by atoms with Crippen LogP contribution in [-0.2, 0) is 4.74 Å². The fourth-order valence-electron chi connectivity index (χ4n) is 3.17. The van der Waals surface area contributed by atoms with Gasteiger partial charge in [-0.2, -0.15) is 0 Å². The summed E-state index contributed by atoms with van der Waals surface area (Å²) in [6.07, 6.45) is 6.98. The lowest BCUT2D eigenvalue weighted by Crippen LogP contribution is -2.27.